The van der Waals surface area contributed by atoms with Gasteiger partial charge in [-0.3, -0.25) is 4.90 Å². The third-order valence-electron chi connectivity index (χ3n) is 3.34. The Kier molecular flexibility index (Phi) is 4.56. The van der Waals surface area contributed by atoms with E-state index < -0.39 is 0 Å². The van der Waals surface area contributed by atoms with Crippen molar-refractivity contribution in [1.82, 2.24) is 4.90 Å². The second-order valence-corrected chi connectivity index (χ2v) is 5.39. The van der Waals surface area contributed by atoms with Gasteiger partial charge in [0.1, 0.15) is 0 Å². The number of nitrogens with zero attached hydrogens (tertiary/aromatic N) is 1. The summed E-state index contributed by atoms with van der Waals surface area (Å²) in [7, 11) is 1.74. The number of ether oxygens (including phenoxy) is 1. The number of halogens is 1. The van der Waals surface area contributed by atoms with Gasteiger partial charge in [0.15, 0.2) is 0 Å². The minimum Gasteiger partial charge on any atom is -0.383 e. The molecule has 2 unspecified atom stereocenters. The molecule has 0 radical (unpaired) electrons. The largest absolute Gasteiger partial charge is 0.383 e. The predicted octanol–water partition coefficient (Wildman–Crippen LogP) is 2.17. The van der Waals surface area contributed by atoms with Crippen molar-refractivity contribution < 1.29 is 4.74 Å². The van der Waals surface area contributed by atoms with Crippen LogP contribution in [-0.4, -0.2) is 37.7 Å². The zero-order chi connectivity index (χ0) is 12.3. The van der Waals surface area contributed by atoms with Gasteiger partial charge in [0.25, 0.3) is 0 Å². The third-order valence-corrected chi connectivity index (χ3v) is 3.87. The van der Waals surface area contributed by atoms with Crippen LogP contribution in [0.4, 0.5) is 0 Å². The average Bonchev–Trinajstić information content (AvgIpc) is 2.69. The van der Waals surface area contributed by atoms with Crippen LogP contribution < -0.4 is 5.73 Å². The van der Waals surface area contributed by atoms with Gasteiger partial charge in [-0.05, 0) is 24.1 Å². The van der Waals surface area contributed by atoms with Gasteiger partial charge in [-0.2, -0.15) is 0 Å². The molecule has 2 N–H and O–H groups in total. The van der Waals surface area contributed by atoms with Crippen LogP contribution in [0.1, 0.15) is 18.0 Å². The lowest BCUT2D eigenvalue weighted by Crippen LogP contribution is -2.33. The molecule has 1 aliphatic rings. The first kappa shape index (κ1) is 13.0. The summed E-state index contributed by atoms with van der Waals surface area (Å²) in [6, 6.07) is 9.02. The summed E-state index contributed by atoms with van der Waals surface area (Å²) >= 11 is 3.46. The minimum absolute atomic E-state index is 0.230. The normalized spacial score (nSPS) is 25.4. The number of rotatable bonds is 4. The molecule has 0 aromatic heterocycles. The number of hydrogen-bond acceptors (Lipinski definition) is 3. The first-order valence-corrected chi connectivity index (χ1v) is 6.75. The van der Waals surface area contributed by atoms with Crippen molar-refractivity contribution in [2.24, 2.45) is 5.73 Å². The molecule has 3 nitrogen and oxygen atoms in total. The minimum atomic E-state index is 0.230. The lowest BCUT2D eigenvalue weighted by atomic mass is 10.0. The molecule has 0 aliphatic carbocycles. The second kappa shape index (κ2) is 5.96. The monoisotopic (exact) mass is 298 g/mol. The Morgan fingerprint density at radius 1 is 1.41 bits per heavy atom. The van der Waals surface area contributed by atoms with E-state index in [9.17, 15) is 0 Å². The standard InChI is InChI=1S/C13H19BrN2O/c1-17-9-8-16-7-6-12(15)13(16)10-2-4-11(14)5-3-10/h2-5,12-13H,6-9,15H2,1H3. The first-order chi connectivity index (χ1) is 8.22. The molecular formula is C13H19BrN2O. The molecule has 1 aromatic carbocycles. The molecule has 1 heterocycles. The summed E-state index contributed by atoms with van der Waals surface area (Å²) in [6.07, 6.45) is 1.06. The fourth-order valence-corrected chi connectivity index (χ4v) is 2.72. The summed E-state index contributed by atoms with van der Waals surface area (Å²) in [4.78, 5) is 2.41. The lowest BCUT2D eigenvalue weighted by molar-refractivity contribution is 0.139. The van der Waals surface area contributed by atoms with Gasteiger partial charge in [-0.25, -0.2) is 0 Å². The van der Waals surface area contributed by atoms with Gasteiger partial charge in [0, 0.05) is 30.7 Å². The molecule has 1 saturated heterocycles. The first-order valence-electron chi connectivity index (χ1n) is 5.96. The lowest BCUT2D eigenvalue weighted by Gasteiger charge is -2.26. The van der Waals surface area contributed by atoms with Crippen LogP contribution in [0, 0.1) is 0 Å². The van der Waals surface area contributed by atoms with E-state index in [4.69, 9.17) is 10.5 Å². The highest BCUT2D eigenvalue weighted by Gasteiger charge is 2.32. The van der Waals surface area contributed by atoms with E-state index >= 15 is 0 Å². The molecule has 2 rings (SSSR count). The van der Waals surface area contributed by atoms with Crippen LogP contribution in [0.5, 0.6) is 0 Å². The molecular weight excluding hydrogens is 280 g/mol. The highest BCUT2D eigenvalue weighted by atomic mass is 79.9. The fraction of sp³-hybridized carbons (Fsp3) is 0.538. The summed E-state index contributed by atoms with van der Waals surface area (Å²) < 4.78 is 6.26. The number of methoxy groups -OCH3 is 1. The van der Waals surface area contributed by atoms with Gasteiger partial charge in [-0.15, -0.1) is 0 Å². The third kappa shape index (κ3) is 3.07. The molecule has 4 heteroatoms. The molecule has 17 heavy (non-hydrogen) atoms. The summed E-state index contributed by atoms with van der Waals surface area (Å²) in [5.41, 5.74) is 7.52. The Morgan fingerprint density at radius 2 is 2.12 bits per heavy atom. The fourth-order valence-electron chi connectivity index (χ4n) is 2.46. The molecule has 0 saturated carbocycles. The maximum atomic E-state index is 6.22. The van der Waals surface area contributed by atoms with E-state index in [0.717, 1.165) is 30.6 Å². The molecule has 2 atom stereocenters. The SMILES string of the molecule is COCCN1CCC(N)C1c1ccc(Br)cc1. The number of likely N-dealkylation sites (tertiary alicyclic amines) is 1. The van der Waals surface area contributed by atoms with Crippen LogP contribution in [0.25, 0.3) is 0 Å². The van der Waals surface area contributed by atoms with Crippen LogP contribution in [-0.2, 0) is 4.74 Å². The number of benzene rings is 1. The Bertz CT molecular complexity index is 355. The highest BCUT2D eigenvalue weighted by Crippen LogP contribution is 2.31. The van der Waals surface area contributed by atoms with Gasteiger partial charge in [0.2, 0.25) is 0 Å². The predicted molar refractivity (Wildman–Crippen MR) is 72.9 cm³/mol. The van der Waals surface area contributed by atoms with Gasteiger partial charge < -0.3 is 10.5 Å². The van der Waals surface area contributed by atoms with Crippen molar-refractivity contribution in [1.29, 1.82) is 0 Å². The Hall–Kier alpha value is -0.420. The van der Waals surface area contributed by atoms with Crippen molar-refractivity contribution >= 4 is 15.9 Å². The van der Waals surface area contributed by atoms with E-state index in [1.807, 2.05) is 0 Å². The summed E-state index contributed by atoms with van der Waals surface area (Å²) in [5.74, 6) is 0. The van der Waals surface area contributed by atoms with E-state index in [-0.39, 0.29) is 6.04 Å². The van der Waals surface area contributed by atoms with E-state index in [1.165, 1.54) is 5.56 Å². The van der Waals surface area contributed by atoms with Gasteiger partial charge in [0.05, 0.1) is 12.6 Å². The quantitative estimate of drug-likeness (QED) is 0.926. The van der Waals surface area contributed by atoms with Crippen molar-refractivity contribution in [3.8, 4) is 0 Å². The highest BCUT2D eigenvalue weighted by molar-refractivity contribution is 9.10. The van der Waals surface area contributed by atoms with E-state index in [1.54, 1.807) is 7.11 Å². The van der Waals surface area contributed by atoms with Crippen molar-refractivity contribution in [3.63, 3.8) is 0 Å². The zero-order valence-corrected chi connectivity index (χ0v) is 11.7. The molecule has 1 aliphatic heterocycles. The smallest absolute Gasteiger partial charge is 0.0589 e. The van der Waals surface area contributed by atoms with Crippen LogP contribution >= 0.6 is 15.9 Å². The Labute approximate surface area is 111 Å². The molecule has 1 aromatic rings. The Balaban J connectivity index is 2.12. The average molecular weight is 299 g/mol. The van der Waals surface area contributed by atoms with E-state index in [0.29, 0.717) is 6.04 Å². The van der Waals surface area contributed by atoms with Crippen molar-refractivity contribution in [3.05, 3.63) is 34.3 Å². The topological polar surface area (TPSA) is 38.5 Å². The maximum absolute atomic E-state index is 6.22. The van der Waals surface area contributed by atoms with Gasteiger partial charge in [-0.1, -0.05) is 28.1 Å². The molecule has 94 valence electrons. The van der Waals surface area contributed by atoms with Crippen molar-refractivity contribution in [2.45, 2.75) is 18.5 Å². The maximum Gasteiger partial charge on any atom is 0.0589 e. The van der Waals surface area contributed by atoms with Crippen LogP contribution in [0.15, 0.2) is 28.7 Å². The number of nitrogens with two attached hydrogens (primary N) is 1. The van der Waals surface area contributed by atoms with Crippen LogP contribution in [0.2, 0.25) is 0 Å². The Morgan fingerprint density at radius 3 is 2.76 bits per heavy atom. The molecule has 0 spiro atoms. The summed E-state index contributed by atoms with van der Waals surface area (Å²) in [6.45, 7) is 2.77. The van der Waals surface area contributed by atoms with Crippen molar-refractivity contribution in [2.75, 3.05) is 26.8 Å². The molecule has 0 bridgehead atoms. The second-order valence-electron chi connectivity index (χ2n) is 4.48. The molecule has 0 amide bonds. The van der Waals surface area contributed by atoms with E-state index in [2.05, 4.69) is 45.1 Å². The summed E-state index contributed by atoms with van der Waals surface area (Å²) in [5, 5.41) is 0. The van der Waals surface area contributed by atoms with Gasteiger partial charge >= 0.3 is 0 Å². The molecule has 1 fully saturated rings. The number of hydrogen-bond donors (Lipinski definition) is 1. The zero-order valence-electron chi connectivity index (χ0n) is 10.1. The van der Waals surface area contributed by atoms with Crippen LogP contribution in [0.3, 0.4) is 0 Å².